The van der Waals surface area contributed by atoms with Crippen LogP contribution in [0, 0.1) is 11.7 Å². The molecule has 1 aromatic rings. The lowest BCUT2D eigenvalue weighted by molar-refractivity contribution is -0.120. The number of benzene rings is 1. The summed E-state index contributed by atoms with van der Waals surface area (Å²) < 4.78 is 13.5. The van der Waals surface area contributed by atoms with Crippen LogP contribution in [0.4, 0.5) is 15.8 Å². The van der Waals surface area contributed by atoms with E-state index in [2.05, 4.69) is 10.6 Å². The van der Waals surface area contributed by atoms with E-state index in [0.29, 0.717) is 18.7 Å². The number of halogens is 1. The molecule has 1 saturated carbocycles. The van der Waals surface area contributed by atoms with Gasteiger partial charge in [0.05, 0.1) is 11.4 Å². The Morgan fingerprint density at radius 1 is 1.13 bits per heavy atom. The van der Waals surface area contributed by atoms with Gasteiger partial charge in [0, 0.05) is 12.3 Å². The zero-order chi connectivity index (χ0) is 16.7. The van der Waals surface area contributed by atoms with Crippen molar-refractivity contribution in [3.63, 3.8) is 0 Å². The zero-order valence-corrected chi connectivity index (χ0v) is 13.2. The van der Waals surface area contributed by atoms with E-state index < -0.39 is 5.82 Å². The van der Waals surface area contributed by atoms with Crippen LogP contribution in [-0.2, 0) is 9.59 Å². The van der Waals surface area contributed by atoms with Crippen molar-refractivity contribution >= 4 is 23.2 Å². The molecule has 0 spiro atoms. The van der Waals surface area contributed by atoms with Gasteiger partial charge in [-0.1, -0.05) is 19.3 Å². The van der Waals surface area contributed by atoms with E-state index in [9.17, 15) is 14.0 Å². The molecule has 4 N–H and O–H groups in total. The third-order valence-electron chi connectivity index (χ3n) is 4.10. The quantitative estimate of drug-likeness (QED) is 0.753. The van der Waals surface area contributed by atoms with E-state index in [1.54, 1.807) is 0 Å². The molecule has 0 atom stereocenters. The van der Waals surface area contributed by atoms with Crippen LogP contribution in [0.1, 0.15) is 44.9 Å². The van der Waals surface area contributed by atoms with E-state index in [-0.39, 0.29) is 29.8 Å². The largest absolute Gasteiger partial charge is 0.330 e. The molecule has 0 saturated heterocycles. The second kappa shape index (κ2) is 8.62. The van der Waals surface area contributed by atoms with E-state index in [1.807, 2.05) is 0 Å². The van der Waals surface area contributed by atoms with Crippen molar-refractivity contribution in [2.24, 2.45) is 11.7 Å². The third-order valence-corrected chi connectivity index (χ3v) is 4.10. The molecule has 1 fully saturated rings. The number of anilines is 2. The standard InChI is InChI=1S/C17H24FN3O2/c18-13-8-9-14(15(11-13)20-16(22)7-4-10-19)21-17(23)12-5-2-1-3-6-12/h8-9,11-12H,1-7,10,19H2,(H,20,22)(H,21,23). The fraction of sp³-hybridized carbons (Fsp3) is 0.529. The topological polar surface area (TPSA) is 84.2 Å². The molecule has 2 amide bonds. The second-order valence-corrected chi connectivity index (χ2v) is 5.95. The first-order chi connectivity index (χ1) is 11.1. The van der Waals surface area contributed by atoms with Crippen molar-refractivity contribution in [2.45, 2.75) is 44.9 Å². The molecule has 0 radical (unpaired) electrons. The van der Waals surface area contributed by atoms with Crippen molar-refractivity contribution < 1.29 is 14.0 Å². The van der Waals surface area contributed by atoms with Crippen molar-refractivity contribution in [2.75, 3.05) is 17.2 Å². The molecule has 1 aliphatic carbocycles. The zero-order valence-electron chi connectivity index (χ0n) is 13.2. The first kappa shape index (κ1) is 17.4. The lowest BCUT2D eigenvalue weighted by Crippen LogP contribution is -2.25. The molecule has 0 bridgehead atoms. The summed E-state index contributed by atoms with van der Waals surface area (Å²) in [7, 11) is 0. The minimum atomic E-state index is -0.463. The minimum Gasteiger partial charge on any atom is -0.330 e. The summed E-state index contributed by atoms with van der Waals surface area (Å²) in [5.41, 5.74) is 6.10. The number of hydrogen-bond acceptors (Lipinski definition) is 3. The molecular formula is C17H24FN3O2. The van der Waals surface area contributed by atoms with Crippen LogP contribution < -0.4 is 16.4 Å². The van der Waals surface area contributed by atoms with Crippen LogP contribution in [0.25, 0.3) is 0 Å². The van der Waals surface area contributed by atoms with Crippen LogP contribution >= 0.6 is 0 Å². The summed E-state index contributed by atoms with van der Waals surface area (Å²) in [5.74, 6) is -0.771. The highest BCUT2D eigenvalue weighted by Gasteiger charge is 2.22. The third kappa shape index (κ3) is 5.32. The molecule has 6 heteroatoms. The Hall–Kier alpha value is -1.95. The molecule has 1 aliphatic rings. The van der Waals surface area contributed by atoms with Gasteiger partial charge in [-0.25, -0.2) is 4.39 Å². The van der Waals surface area contributed by atoms with Crippen LogP contribution in [0.15, 0.2) is 18.2 Å². The number of amides is 2. The SMILES string of the molecule is NCCCC(=O)Nc1cc(F)ccc1NC(=O)C1CCCCC1. The molecule has 5 nitrogen and oxygen atoms in total. The Bertz CT molecular complexity index is 557. The Morgan fingerprint density at radius 3 is 2.57 bits per heavy atom. The van der Waals surface area contributed by atoms with Gasteiger partial charge in [-0.3, -0.25) is 9.59 Å². The maximum atomic E-state index is 13.5. The van der Waals surface area contributed by atoms with Gasteiger partial charge in [0.15, 0.2) is 0 Å². The molecule has 1 aromatic carbocycles. The van der Waals surface area contributed by atoms with Crippen LogP contribution in [0.3, 0.4) is 0 Å². The number of rotatable bonds is 6. The number of carbonyl (C=O) groups is 2. The van der Waals surface area contributed by atoms with Crippen LogP contribution in [-0.4, -0.2) is 18.4 Å². The predicted octanol–water partition coefficient (Wildman–Crippen LogP) is 3.02. The molecule has 126 valence electrons. The van der Waals surface area contributed by atoms with E-state index in [4.69, 9.17) is 5.73 Å². The van der Waals surface area contributed by atoms with Gasteiger partial charge in [-0.2, -0.15) is 0 Å². The maximum absolute atomic E-state index is 13.5. The predicted molar refractivity (Wildman–Crippen MR) is 88.5 cm³/mol. The van der Waals surface area contributed by atoms with Gasteiger partial charge in [0.1, 0.15) is 5.82 Å². The van der Waals surface area contributed by atoms with Crippen molar-refractivity contribution in [3.8, 4) is 0 Å². The summed E-state index contributed by atoms with van der Waals surface area (Å²) >= 11 is 0. The average molecular weight is 321 g/mol. The lowest BCUT2D eigenvalue weighted by atomic mass is 9.88. The molecule has 0 unspecified atom stereocenters. The number of hydrogen-bond donors (Lipinski definition) is 3. The van der Waals surface area contributed by atoms with Gasteiger partial charge in [0.25, 0.3) is 0 Å². The number of carbonyl (C=O) groups excluding carboxylic acids is 2. The number of nitrogens with two attached hydrogens (primary N) is 1. The smallest absolute Gasteiger partial charge is 0.227 e. The molecular weight excluding hydrogens is 297 g/mol. The molecule has 23 heavy (non-hydrogen) atoms. The average Bonchev–Trinajstić information content (AvgIpc) is 2.56. The lowest BCUT2D eigenvalue weighted by Gasteiger charge is -2.21. The van der Waals surface area contributed by atoms with E-state index in [0.717, 1.165) is 25.7 Å². The van der Waals surface area contributed by atoms with Crippen LogP contribution in [0.2, 0.25) is 0 Å². The normalized spacial score (nSPS) is 15.2. The Labute approximate surface area is 135 Å². The van der Waals surface area contributed by atoms with Crippen LogP contribution in [0.5, 0.6) is 0 Å². The highest BCUT2D eigenvalue weighted by molar-refractivity contribution is 6.00. The second-order valence-electron chi connectivity index (χ2n) is 5.95. The first-order valence-electron chi connectivity index (χ1n) is 8.20. The van der Waals surface area contributed by atoms with Gasteiger partial charge >= 0.3 is 0 Å². The van der Waals surface area contributed by atoms with Crippen molar-refractivity contribution in [1.29, 1.82) is 0 Å². The first-order valence-corrected chi connectivity index (χ1v) is 8.20. The monoisotopic (exact) mass is 321 g/mol. The Morgan fingerprint density at radius 2 is 1.87 bits per heavy atom. The summed E-state index contributed by atoms with van der Waals surface area (Å²) in [6.45, 7) is 0.418. The maximum Gasteiger partial charge on any atom is 0.227 e. The Kier molecular flexibility index (Phi) is 6.52. The molecule has 2 rings (SSSR count). The van der Waals surface area contributed by atoms with Gasteiger partial charge in [-0.15, -0.1) is 0 Å². The summed E-state index contributed by atoms with van der Waals surface area (Å²) in [5, 5.41) is 5.47. The highest BCUT2D eigenvalue weighted by Crippen LogP contribution is 2.28. The highest BCUT2D eigenvalue weighted by atomic mass is 19.1. The molecule has 0 aromatic heterocycles. The summed E-state index contributed by atoms with van der Waals surface area (Å²) in [6, 6.07) is 3.97. The molecule has 0 aliphatic heterocycles. The van der Waals surface area contributed by atoms with Gasteiger partial charge in [0.2, 0.25) is 11.8 Å². The fourth-order valence-electron chi connectivity index (χ4n) is 2.80. The van der Waals surface area contributed by atoms with Gasteiger partial charge < -0.3 is 16.4 Å². The fourth-order valence-corrected chi connectivity index (χ4v) is 2.80. The summed E-state index contributed by atoms with van der Waals surface area (Å²) in [4.78, 5) is 24.1. The summed E-state index contributed by atoms with van der Waals surface area (Å²) in [6.07, 6.45) is 5.88. The van der Waals surface area contributed by atoms with Crippen molar-refractivity contribution in [3.05, 3.63) is 24.0 Å². The van der Waals surface area contributed by atoms with E-state index >= 15 is 0 Å². The van der Waals surface area contributed by atoms with E-state index in [1.165, 1.54) is 24.6 Å². The minimum absolute atomic E-state index is 0.00500. The number of nitrogens with one attached hydrogen (secondary N) is 2. The van der Waals surface area contributed by atoms with Crippen molar-refractivity contribution in [1.82, 2.24) is 0 Å². The van der Waals surface area contributed by atoms with Gasteiger partial charge in [-0.05, 0) is 44.0 Å². The molecule has 0 heterocycles. The Balaban J connectivity index is 2.05.